The molecule has 2 aliphatic carbocycles. The van der Waals surface area contributed by atoms with Crippen LogP contribution in [-0.4, -0.2) is 14.9 Å². The molecule has 2 atom stereocenters. The van der Waals surface area contributed by atoms with E-state index < -0.39 is 5.60 Å². The van der Waals surface area contributed by atoms with Gasteiger partial charge in [-0.3, -0.25) is 4.68 Å². The fourth-order valence-corrected chi connectivity index (χ4v) is 3.59. The molecule has 2 fully saturated rings. The summed E-state index contributed by atoms with van der Waals surface area (Å²) in [6.45, 7) is 4.25. The highest BCUT2D eigenvalue weighted by Crippen LogP contribution is 2.49. The zero-order valence-electron chi connectivity index (χ0n) is 11.5. The summed E-state index contributed by atoms with van der Waals surface area (Å²) in [4.78, 5) is 0. The first-order valence-electron chi connectivity index (χ1n) is 7.36. The van der Waals surface area contributed by atoms with Crippen molar-refractivity contribution in [3.63, 3.8) is 0 Å². The Hall–Kier alpha value is -0.830. The molecule has 18 heavy (non-hydrogen) atoms. The molecule has 2 saturated carbocycles. The number of aliphatic hydroxyl groups is 1. The Labute approximate surface area is 109 Å². The molecule has 0 bridgehead atoms. The van der Waals surface area contributed by atoms with Gasteiger partial charge >= 0.3 is 0 Å². The van der Waals surface area contributed by atoms with Crippen molar-refractivity contribution in [2.24, 2.45) is 11.8 Å². The maximum Gasteiger partial charge on any atom is 0.106 e. The first kappa shape index (κ1) is 12.2. The van der Waals surface area contributed by atoms with Gasteiger partial charge < -0.3 is 5.11 Å². The minimum absolute atomic E-state index is 0.320. The Kier molecular flexibility index (Phi) is 2.97. The van der Waals surface area contributed by atoms with E-state index in [-0.39, 0.29) is 0 Å². The van der Waals surface area contributed by atoms with Crippen molar-refractivity contribution in [1.82, 2.24) is 9.78 Å². The van der Waals surface area contributed by atoms with Crippen molar-refractivity contribution in [2.45, 2.75) is 64.0 Å². The molecule has 1 N–H and O–H groups in total. The molecule has 3 heteroatoms. The summed E-state index contributed by atoms with van der Waals surface area (Å²) in [7, 11) is 0. The van der Waals surface area contributed by atoms with Crippen LogP contribution in [0.3, 0.4) is 0 Å². The predicted octanol–water partition coefficient (Wildman–Crippen LogP) is 3.25. The third kappa shape index (κ3) is 2.09. The minimum Gasteiger partial charge on any atom is -0.384 e. The maximum absolute atomic E-state index is 11.0. The van der Waals surface area contributed by atoms with Crippen LogP contribution in [0.5, 0.6) is 0 Å². The van der Waals surface area contributed by atoms with Gasteiger partial charge in [-0.15, -0.1) is 0 Å². The molecule has 0 aromatic carbocycles. The van der Waals surface area contributed by atoms with Crippen LogP contribution in [-0.2, 0) is 5.60 Å². The summed E-state index contributed by atoms with van der Waals surface area (Å²) in [5, 5.41) is 15.4. The van der Waals surface area contributed by atoms with Crippen molar-refractivity contribution in [2.75, 3.05) is 0 Å². The number of hydrogen-bond donors (Lipinski definition) is 1. The molecule has 0 spiro atoms. The van der Waals surface area contributed by atoms with Crippen molar-refractivity contribution < 1.29 is 5.11 Å². The maximum atomic E-state index is 11.0. The highest BCUT2D eigenvalue weighted by Gasteiger charge is 2.43. The van der Waals surface area contributed by atoms with Gasteiger partial charge in [-0.1, -0.05) is 0 Å². The number of nitrogens with zero attached hydrogens (tertiary/aromatic N) is 2. The lowest BCUT2D eigenvalue weighted by atomic mass is 9.74. The van der Waals surface area contributed by atoms with Crippen LogP contribution in [0, 0.1) is 11.8 Å². The van der Waals surface area contributed by atoms with E-state index >= 15 is 0 Å². The summed E-state index contributed by atoms with van der Waals surface area (Å²) in [6, 6.07) is 2.33. The van der Waals surface area contributed by atoms with Crippen molar-refractivity contribution in [3.05, 3.63) is 18.0 Å². The van der Waals surface area contributed by atoms with Crippen LogP contribution in [0.2, 0.25) is 0 Å². The highest BCUT2D eigenvalue weighted by molar-refractivity contribution is 5.14. The van der Waals surface area contributed by atoms with Crippen LogP contribution in [0.4, 0.5) is 0 Å². The molecular weight excluding hydrogens is 224 g/mol. The second-order valence-corrected chi connectivity index (χ2v) is 6.48. The fraction of sp³-hybridized carbons (Fsp3) is 0.800. The van der Waals surface area contributed by atoms with Crippen LogP contribution >= 0.6 is 0 Å². The van der Waals surface area contributed by atoms with Gasteiger partial charge in [0.15, 0.2) is 0 Å². The van der Waals surface area contributed by atoms with E-state index in [1.807, 2.05) is 16.9 Å². The van der Waals surface area contributed by atoms with Gasteiger partial charge in [0.25, 0.3) is 0 Å². The minimum atomic E-state index is -0.633. The van der Waals surface area contributed by atoms with Crippen molar-refractivity contribution in [1.29, 1.82) is 0 Å². The van der Waals surface area contributed by atoms with E-state index in [0.717, 1.165) is 36.8 Å². The van der Waals surface area contributed by atoms with Gasteiger partial charge in [-0.25, -0.2) is 0 Å². The molecule has 100 valence electrons. The molecule has 3 rings (SSSR count). The van der Waals surface area contributed by atoms with E-state index in [2.05, 4.69) is 18.9 Å². The SMILES string of the molecule is CC(C)n1nccc1C1(O)CCCC(C2CC2)C1. The van der Waals surface area contributed by atoms with Crippen LogP contribution in [0.25, 0.3) is 0 Å². The van der Waals surface area contributed by atoms with Gasteiger partial charge in [0, 0.05) is 12.2 Å². The largest absolute Gasteiger partial charge is 0.384 e. The standard InChI is InChI=1S/C15H24N2O/c1-11(2)17-14(7-9-16-17)15(18)8-3-4-13(10-15)12-5-6-12/h7,9,11-13,18H,3-6,8,10H2,1-2H3. The van der Waals surface area contributed by atoms with Crippen LogP contribution in [0.15, 0.2) is 12.3 Å². The van der Waals surface area contributed by atoms with E-state index in [0.29, 0.717) is 6.04 Å². The first-order valence-corrected chi connectivity index (χ1v) is 7.36. The van der Waals surface area contributed by atoms with Crippen LogP contribution in [0.1, 0.15) is 64.1 Å². The third-order valence-corrected chi connectivity index (χ3v) is 4.69. The molecule has 0 saturated heterocycles. The number of rotatable bonds is 3. The summed E-state index contributed by atoms with van der Waals surface area (Å²) in [5.41, 5.74) is 0.398. The normalized spacial score (nSPS) is 33.0. The highest BCUT2D eigenvalue weighted by atomic mass is 16.3. The average molecular weight is 248 g/mol. The zero-order chi connectivity index (χ0) is 12.8. The van der Waals surface area contributed by atoms with E-state index in [1.165, 1.54) is 19.3 Å². The number of aromatic nitrogens is 2. The molecule has 0 radical (unpaired) electrons. The van der Waals surface area contributed by atoms with Gasteiger partial charge in [0.05, 0.1) is 5.69 Å². The van der Waals surface area contributed by atoms with Crippen molar-refractivity contribution in [3.8, 4) is 0 Å². The number of hydrogen-bond acceptors (Lipinski definition) is 2. The summed E-state index contributed by atoms with van der Waals surface area (Å²) >= 11 is 0. The Morgan fingerprint density at radius 3 is 2.78 bits per heavy atom. The molecule has 2 unspecified atom stereocenters. The lowest BCUT2D eigenvalue weighted by molar-refractivity contribution is -0.0330. The molecule has 1 aromatic rings. The Bertz CT molecular complexity index is 422. The lowest BCUT2D eigenvalue weighted by Gasteiger charge is -2.37. The Balaban J connectivity index is 1.85. The molecule has 1 heterocycles. The Morgan fingerprint density at radius 1 is 1.33 bits per heavy atom. The molecule has 0 aliphatic heterocycles. The topological polar surface area (TPSA) is 38.0 Å². The molecule has 0 amide bonds. The quantitative estimate of drug-likeness (QED) is 0.891. The average Bonchev–Trinajstić information content (AvgIpc) is 3.05. The fourth-order valence-electron chi connectivity index (χ4n) is 3.59. The Morgan fingerprint density at radius 2 is 2.11 bits per heavy atom. The van der Waals surface area contributed by atoms with Crippen molar-refractivity contribution >= 4 is 0 Å². The van der Waals surface area contributed by atoms with Gasteiger partial charge in [0.1, 0.15) is 5.60 Å². The second kappa shape index (κ2) is 4.37. The van der Waals surface area contributed by atoms with Gasteiger partial charge in [0.2, 0.25) is 0 Å². The summed E-state index contributed by atoms with van der Waals surface area (Å²) in [6.07, 6.45) is 8.89. The lowest BCUT2D eigenvalue weighted by Crippen LogP contribution is -2.36. The van der Waals surface area contributed by atoms with Gasteiger partial charge in [-0.05, 0) is 70.3 Å². The summed E-state index contributed by atoms with van der Waals surface area (Å²) in [5.74, 6) is 1.63. The smallest absolute Gasteiger partial charge is 0.106 e. The molecule has 2 aliphatic rings. The summed E-state index contributed by atoms with van der Waals surface area (Å²) < 4.78 is 2.00. The first-order chi connectivity index (χ1) is 8.60. The van der Waals surface area contributed by atoms with E-state index in [4.69, 9.17) is 0 Å². The van der Waals surface area contributed by atoms with Gasteiger partial charge in [-0.2, -0.15) is 5.10 Å². The molecule has 1 aromatic heterocycles. The van der Waals surface area contributed by atoms with E-state index in [1.54, 1.807) is 0 Å². The zero-order valence-corrected chi connectivity index (χ0v) is 11.5. The van der Waals surface area contributed by atoms with Crippen LogP contribution < -0.4 is 0 Å². The second-order valence-electron chi connectivity index (χ2n) is 6.48. The molecule has 3 nitrogen and oxygen atoms in total. The monoisotopic (exact) mass is 248 g/mol. The predicted molar refractivity (Wildman–Crippen MR) is 71.2 cm³/mol. The third-order valence-electron chi connectivity index (χ3n) is 4.69. The van der Waals surface area contributed by atoms with E-state index in [9.17, 15) is 5.11 Å². The molecular formula is C15H24N2O.